The molecule has 1 atom stereocenters. The van der Waals surface area contributed by atoms with Crippen molar-refractivity contribution in [2.45, 2.75) is 78.6 Å². The van der Waals surface area contributed by atoms with E-state index in [2.05, 4.69) is 20.4 Å². The zero-order valence-electron chi connectivity index (χ0n) is 13.2. The lowest BCUT2D eigenvalue weighted by atomic mass is 9.98. The van der Waals surface area contributed by atoms with Crippen molar-refractivity contribution in [1.29, 1.82) is 0 Å². The summed E-state index contributed by atoms with van der Waals surface area (Å²) in [5.74, 6) is 0.261. The van der Waals surface area contributed by atoms with E-state index in [1.54, 1.807) is 6.92 Å². The Kier molecular flexibility index (Phi) is 11.7. The molecule has 0 rings (SSSR count). The molecule has 0 aromatic carbocycles. The molecule has 0 aliphatic heterocycles. The number of hydrogen-bond acceptors (Lipinski definition) is 2. The smallest absolute Gasteiger partial charge is 0.333 e. The van der Waals surface area contributed by atoms with Crippen LogP contribution in [0.3, 0.4) is 0 Å². The van der Waals surface area contributed by atoms with Gasteiger partial charge in [-0.25, -0.2) is 4.79 Å². The normalized spacial score (nSPS) is 12.2. The van der Waals surface area contributed by atoms with Crippen molar-refractivity contribution >= 4 is 5.97 Å². The highest BCUT2D eigenvalue weighted by Crippen LogP contribution is 2.16. The molecule has 0 bridgehead atoms. The average Bonchev–Trinajstić information content (AvgIpc) is 2.40. The van der Waals surface area contributed by atoms with Crippen molar-refractivity contribution in [1.82, 2.24) is 0 Å². The summed E-state index contributed by atoms with van der Waals surface area (Å²) in [6.07, 6.45) is 11.6. The van der Waals surface area contributed by atoms with Gasteiger partial charge in [-0.3, -0.25) is 0 Å². The SMILES string of the molecule is C=C(C)C(=O)OCC(CC)CCCCCCCCC. The molecule has 0 aliphatic carbocycles. The number of hydrogen-bond donors (Lipinski definition) is 0. The predicted molar refractivity (Wildman–Crippen MR) is 82.2 cm³/mol. The van der Waals surface area contributed by atoms with E-state index in [1.807, 2.05) is 0 Å². The first kappa shape index (κ1) is 18.2. The zero-order chi connectivity index (χ0) is 14.5. The summed E-state index contributed by atoms with van der Waals surface area (Å²) in [6.45, 7) is 10.3. The molecule has 112 valence electrons. The van der Waals surface area contributed by atoms with Gasteiger partial charge in [0.25, 0.3) is 0 Å². The van der Waals surface area contributed by atoms with Gasteiger partial charge in [-0.2, -0.15) is 0 Å². The third-order valence-electron chi connectivity index (χ3n) is 3.59. The van der Waals surface area contributed by atoms with Gasteiger partial charge in [-0.15, -0.1) is 0 Å². The Balaban J connectivity index is 3.54. The third kappa shape index (κ3) is 10.8. The van der Waals surface area contributed by atoms with Crippen LogP contribution in [-0.4, -0.2) is 12.6 Å². The van der Waals surface area contributed by atoms with Gasteiger partial charge >= 0.3 is 5.97 Å². The summed E-state index contributed by atoms with van der Waals surface area (Å²) in [4.78, 5) is 11.3. The molecule has 19 heavy (non-hydrogen) atoms. The Hall–Kier alpha value is -0.790. The molecule has 1 unspecified atom stereocenters. The predicted octanol–water partition coefficient (Wildman–Crippen LogP) is 5.27. The highest BCUT2D eigenvalue weighted by molar-refractivity contribution is 5.86. The summed E-state index contributed by atoms with van der Waals surface area (Å²) in [6, 6.07) is 0. The van der Waals surface area contributed by atoms with Crippen molar-refractivity contribution in [2.24, 2.45) is 5.92 Å². The van der Waals surface area contributed by atoms with Crippen LogP contribution in [0.25, 0.3) is 0 Å². The van der Waals surface area contributed by atoms with Crippen molar-refractivity contribution < 1.29 is 9.53 Å². The molecule has 0 aliphatic rings. The molecule has 2 heteroatoms. The largest absolute Gasteiger partial charge is 0.462 e. The maximum Gasteiger partial charge on any atom is 0.333 e. The second kappa shape index (κ2) is 12.3. The third-order valence-corrected chi connectivity index (χ3v) is 3.59. The summed E-state index contributed by atoms with van der Waals surface area (Å²) in [5.41, 5.74) is 0.491. The van der Waals surface area contributed by atoms with E-state index in [0.717, 1.165) is 6.42 Å². The summed E-state index contributed by atoms with van der Waals surface area (Å²) < 4.78 is 5.23. The van der Waals surface area contributed by atoms with Crippen LogP contribution in [0.2, 0.25) is 0 Å². The molecule has 0 amide bonds. The highest BCUT2D eigenvalue weighted by atomic mass is 16.5. The monoisotopic (exact) mass is 268 g/mol. The molecule has 0 radical (unpaired) electrons. The summed E-state index contributed by atoms with van der Waals surface area (Å²) >= 11 is 0. The number of carbonyl (C=O) groups excluding carboxylic acids is 1. The second-order valence-corrected chi connectivity index (χ2v) is 5.56. The first-order valence-corrected chi connectivity index (χ1v) is 7.94. The van der Waals surface area contributed by atoms with Crippen molar-refractivity contribution in [2.75, 3.05) is 6.61 Å². The fourth-order valence-electron chi connectivity index (χ4n) is 2.11. The van der Waals surface area contributed by atoms with E-state index < -0.39 is 0 Å². The van der Waals surface area contributed by atoms with E-state index in [4.69, 9.17) is 4.74 Å². The Morgan fingerprint density at radius 3 is 2.16 bits per heavy atom. The van der Waals surface area contributed by atoms with Crippen molar-refractivity contribution in [3.05, 3.63) is 12.2 Å². The van der Waals surface area contributed by atoms with Gasteiger partial charge in [-0.05, 0) is 19.3 Å². The molecule has 0 saturated carbocycles. The highest BCUT2D eigenvalue weighted by Gasteiger charge is 2.10. The number of carbonyl (C=O) groups is 1. The lowest BCUT2D eigenvalue weighted by molar-refractivity contribution is -0.140. The summed E-state index contributed by atoms with van der Waals surface area (Å²) in [7, 11) is 0. The molecular formula is C17H32O2. The molecule has 2 nitrogen and oxygen atoms in total. The van der Waals surface area contributed by atoms with Gasteiger partial charge in [-0.1, -0.05) is 71.8 Å². The molecule has 0 heterocycles. The van der Waals surface area contributed by atoms with Crippen LogP contribution >= 0.6 is 0 Å². The number of esters is 1. The van der Waals surface area contributed by atoms with E-state index in [1.165, 1.54) is 51.4 Å². The topological polar surface area (TPSA) is 26.3 Å². The Morgan fingerprint density at radius 2 is 1.63 bits per heavy atom. The lowest BCUT2D eigenvalue weighted by Gasteiger charge is -2.15. The van der Waals surface area contributed by atoms with Gasteiger partial charge in [0.1, 0.15) is 0 Å². The van der Waals surface area contributed by atoms with Crippen LogP contribution in [0.1, 0.15) is 78.6 Å². The van der Waals surface area contributed by atoms with Crippen LogP contribution in [0.4, 0.5) is 0 Å². The van der Waals surface area contributed by atoms with Gasteiger partial charge in [0.05, 0.1) is 6.61 Å². The Bertz CT molecular complexity index is 246. The van der Waals surface area contributed by atoms with Crippen LogP contribution in [-0.2, 0) is 9.53 Å². The minimum absolute atomic E-state index is 0.252. The van der Waals surface area contributed by atoms with Crippen molar-refractivity contribution in [3.63, 3.8) is 0 Å². The maximum absolute atomic E-state index is 11.3. The van der Waals surface area contributed by atoms with Gasteiger partial charge < -0.3 is 4.74 Å². The molecule has 0 saturated heterocycles. The Labute approximate surface area is 119 Å². The average molecular weight is 268 g/mol. The minimum atomic E-state index is -0.252. The first-order chi connectivity index (χ1) is 9.11. The molecule has 0 spiro atoms. The number of rotatable bonds is 12. The Morgan fingerprint density at radius 1 is 1.05 bits per heavy atom. The maximum atomic E-state index is 11.3. The van der Waals surface area contributed by atoms with Crippen LogP contribution in [0.5, 0.6) is 0 Å². The fourth-order valence-corrected chi connectivity index (χ4v) is 2.11. The van der Waals surface area contributed by atoms with Gasteiger partial charge in [0.15, 0.2) is 0 Å². The quantitative estimate of drug-likeness (QED) is 0.274. The molecule has 0 aromatic heterocycles. The molecular weight excluding hydrogens is 236 g/mol. The van der Waals surface area contributed by atoms with Gasteiger partial charge in [0.2, 0.25) is 0 Å². The van der Waals surface area contributed by atoms with Crippen molar-refractivity contribution in [3.8, 4) is 0 Å². The number of unbranched alkanes of at least 4 members (excludes halogenated alkanes) is 6. The van der Waals surface area contributed by atoms with Gasteiger partial charge in [0, 0.05) is 5.57 Å². The number of ether oxygens (including phenoxy) is 1. The summed E-state index contributed by atoms with van der Waals surface area (Å²) in [5, 5.41) is 0. The minimum Gasteiger partial charge on any atom is -0.462 e. The first-order valence-electron chi connectivity index (χ1n) is 7.94. The van der Waals surface area contributed by atoms with E-state index in [9.17, 15) is 4.79 Å². The molecule has 0 fully saturated rings. The molecule has 0 aromatic rings. The standard InChI is InChI=1S/C17H32O2/c1-5-7-8-9-10-11-12-13-16(6-2)14-19-17(18)15(3)4/h16H,3,5-14H2,1-2,4H3. The molecule has 0 N–H and O–H groups in total. The van der Waals surface area contributed by atoms with E-state index in [-0.39, 0.29) is 5.97 Å². The zero-order valence-corrected chi connectivity index (χ0v) is 13.2. The van der Waals surface area contributed by atoms with E-state index >= 15 is 0 Å². The van der Waals surface area contributed by atoms with Crippen LogP contribution in [0, 0.1) is 5.92 Å². The fraction of sp³-hybridized carbons (Fsp3) is 0.824. The van der Waals surface area contributed by atoms with Crippen LogP contribution in [0.15, 0.2) is 12.2 Å². The van der Waals surface area contributed by atoms with E-state index in [0.29, 0.717) is 18.1 Å². The second-order valence-electron chi connectivity index (χ2n) is 5.56. The lowest BCUT2D eigenvalue weighted by Crippen LogP contribution is -2.14. The van der Waals surface area contributed by atoms with Crippen LogP contribution < -0.4 is 0 Å².